The number of nitrogens with zero attached hydrogens (tertiary/aromatic N) is 4. The minimum absolute atomic E-state index is 0.267. The second-order valence-electron chi connectivity index (χ2n) is 11.4. The van der Waals surface area contributed by atoms with Crippen LogP contribution in [0.3, 0.4) is 0 Å². The van der Waals surface area contributed by atoms with E-state index in [9.17, 15) is 14.7 Å². The van der Waals surface area contributed by atoms with E-state index in [1.165, 1.54) is 4.90 Å². The lowest BCUT2D eigenvalue weighted by molar-refractivity contribution is 0.0746. The number of aromatic nitrogens is 2. The number of ether oxygens (including phenoxy) is 1. The van der Waals surface area contributed by atoms with E-state index in [-0.39, 0.29) is 18.5 Å². The van der Waals surface area contributed by atoms with Crippen LogP contribution in [0.15, 0.2) is 91.1 Å². The Morgan fingerprint density at radius 3 is 2.62 bits per heavy atom. The van der Waals surface area contributed by atoms with Crippen molar-refractivity contribution in [1.29, 1.82) is 0 Å². The van der Waals surface area contributed by atoms with Gasteiger partial charge in [0.15, 0.2) is 0 Å². The number of carbonyl (C=O) groups excluding carboxylic acids is 1. The molecule has 45 heavy (non-hydrogen) atoms. The van der Waals surface area contributed by atoms with E-state index in [1.807, 2.05) is 91.9 Å². The maximum Gasteiger partial charge on any atom is 0.407 e. The van der Waals surface area contributed by atoms with Crippen molar-refractivity contribution >= 4 is 34.6 Å². The first kappa shape index (κ1) is 30.1. The Morgan fingerprint density at radius 1 is 1.02 bits per heavy atom. The molecule has 1 atom stereocenters. The molecule has 0 spiro atoms. The molecule has 0 saturated carbocycles. The fourth-order valence-corrected chi connectivity index (χ4v) is 6.20. The Labute approximate surface area is 266 Å². The van der Waals surface area contributed by atoms with Crippen LogP contribution in [0.4, 0.5) is 4.79 Å². The molecule has 3 heterocycles. The first-order valence-corrected chi connectivity index (χ1v) is 15.2. The summed E-state index contributed by atoms with van der Waals surface area (Å²) in [7, 11) is 1.71. The van der Waals surface area contributed by atoms with Crippen molar-refractivity contribution < 1.29 is 19.4 Å². The topological polar surface area (TPSA) is 95.9 Å². The molecule has 0 radical (unpaired) electrons. The smallest absolute Gasteiger partial charge is 0.407 e. The Balaban J connectivity index is 1.41. The molecule has 0 bridgehead atoms. The number of fused-ring (bicyclic) bond motifs is 1. The van der Waals surface area contributed by atoms with E-state index in [0.29, 0.717) is 58.2 Å². The largest absolute Gasteiger partial charge is 0.489 e. The van der Waals surface area contributed by atoms with Crippen LogP contribution in [0.1, 0.15) is 34.3 Å². The summed E-state index contributed by atoms with van der Waals surface area (Å²) in [6, 6.07) is 26.8. The summed E-state index contributed by atoms with van der Waals surface area (Å²) in [5.74, 6) is 0.437. The molecule has 228 valence electrons. The average Bonchev–Trinajstić information content (AvgIpc) is 3.51. The molecule has 0 aliphatic carbocycles. The number of halogens is 1. The lowest BCUT2D eigenvalue weighted by Gasteiger charge is -2.27. The van der Waals surface area contributed by atoms with Gasteiger partial charge in [-0.1, -0.05) is 60.1 Å². The Hall–Kier alpha value is -4.95. The minimum Gasteiger partial charge on any atom is -0.489 e. The number of pyridine rings is 2. The van der Waals surface area contributed by atoms with Crippen LogP contribution in [-0.4, -0.2) is 63.1 Å². The normalized spacial score (nSPS) is 14.5. The van der Waals surface area contributed by atoms with E-state index in [1.54, 1.807) is 18.1 Å². The molecular weight excluding hydrogens is 588 g/mol. The zero-order valence-electron chi connectivity index (χ0n) is 25.1. The summed E-state index contributed by atoms with van der Waals surface area (Å²) in [5.41, 5.74) is 6.29. The highest BCUT2D eigenvalue weighted by Crippen LogP contribution is 2.34. The fourth-order valence-electron chi connectivity index (χ4n) is 5.91. The van der Waals surface area contributed by atoms with Crippen molar-refractivity contribution in [2.24, 2.45) is 0 Å². The van der Waals surface area contributed by atoms with Crippen LogP contribution in [0.2, 0.25) is 5.02 Å². The van der Waals surface area contributed by atoms with Gasteiger partial charge in [-0.3, -0.25) is 9.78 Å². The number of carboxylic acid groups (broad SMARTS) is 1. The summed E-state index contributed by atoms with van der Waals surface area (Å²) < 4.78 is 6.06. The van der Waals surface area contributed by atoms with Crippen molar-refractivity contribution in [2.45, 2.75) is 32.4 Å². The van der Waals surface area contributed by atoms with E-state index < -0.39 is 6.09 Å². The molecule has 8 nitrogen and oxygen atoms in total. The van der Waals surface area contributed by atoms with E-state index in [2.05, 4.69) is 4.98 Å². The number of amides is 2. The summed E-state index contributed by atoms with van der Waals surface area (Å²) in [6.45, 7) is 3.12. The molecule has 6 rings (SSSR count). The third-order valence-corrected chi connectivity index (χ3v) is 8.33. The lowest BCUT2D eigenvalue weighted by atomic mass is 9.97. The van der Waals surface area contributed by atoms with Crippen LogP contribution in [-0.2, 0) is 6.61 Å². The molecule has 1 saturated heterocycles. The van der Waals surface area contributed by atoms with E-state index in [0.717, 1.165) is 28.7 Å². The predicted molar refractivity (Wildman–Crippen MR) is 176 cm³/mol. The number of aryl methyl sites for hydroxylation is 1. The number of carbonyl (C=O) groups is 2. The van der Waals surface area contributed by atoms with Gasteiger partial charge in [-0.05, 0) is 72.9 Å². The molecule has 2 aromatic heterocycles. The van der Waals surface area contributed by atoms with Gasteiger partial charge in [-0.2, -0.15) is 0 Å². The van der Waals surface area contributed by atoms with Crippen LogP contribution in [0, 0.1) is 6.92 Å². The zero-order valence-corrected chi connectivity index (χ0v) is 25.9. The lowest BCUT2D eigenvalue weighted by Crippen LogP contribution is -2.43. The maximum absolute atomic E-state index is 14.3. The SMILES string of the molecule is Cc1cc(Cl)cc(-c2cnc3ccc(-c4cccc(OCc5ccccc5)c4)nc3c2C(=O)N(C)C[C@@H]2CCCN2C(=O)O)c1. The van der Waals surface area contributed by atoms with Gasteiger partial charge >= 0.3 is 6.09 Å². The van der Waals surface area contributed by atoms with Gasteiger partial charge in [-0.25, -0.2) is 9.78 Å². The number of hydrogen-bond acceptors (Lipinski definition) is 5. The molecule has 5 aromatic rings. The molecule has 3 aromatic carbocycles. The monoisotopic (exact) mass is 620 g/mol. The number of benzene rings is 3. The van der Waals surface area contributed by atoms with Crippen LogP contribution < -0.4 is 4.74 Å². The quantitative estimate of drug-likeness (QED) is 0.191. The second-order valence-corrected chi connectivity index (χ2v) is 11.8. The van der Waals surface area contributed by atoms with E-state index >= 15 is 0 Å². The highest BCUT2D eigenvalue weighted by molar-refractivity contribution is 6.31. The fraction of sp³-hybridized carbons (Fsp3) is 0.222. The first-order chi connectivity index (χ1) is 21.8. The van der Waals surface area contributed by atoms with E-state index in [4.69, 9.17) is 21.3 Å². The summed E-state index contributed by atoms with van der Waals surface area (Å²) in [6.07, 6.45) is 2.19. The van der Waals surface area contributed by atoms with Gasteiger partial charge in [0.25, 0.3) is 5.91 Å². The molecule has 1 fully saturated rings. The molecular formula is C36H33ClN4O4. The molecule has 2 amide bonds. The van der Waals surface area contributed by atoms with Gasteiger partial charge < -0.3 is 19.6 Å². The molecule has 1 aliphatic heterocycles. The summed E-state index contributed by atoms with van der Waals surface area (Å²) >= 11 is 6.45. The first-order valence-electron chi connectivity index (χ1n) is 14.9. The summed E-state index contributed by atoms with van der Waals surface area (Å²) in [5, 5.41) is 10.2. The number of hydrogen-bond donors (Lipinski definition) is 1. The number of rotatable bonds is 8. The molecule has 1 N–H and O–H groups in total. The van der Waals surface area contributed by atoms with Gasteiger partial charge in [0, 0.05) is 42.5 Å². The highest BCUT2D eigenvalue weighted by Gasteiger charge is 2.32. The van der Waals surface area contributed by atoms with Crippen LogP contribution >= 0.6 is 11.6 Å². The Kier molecular flexibility index (Phi) is 8.67. The molecule has 0 unspecified atom stereocenters. The minimum atomic E-state index is -0.968. The van der Waals surface area contributed by atoms with Crippen molar-refractivity contribution in [3.63, 3.8) is 0 Å². The molecule has 1 aliphatic rings. The number of likely N-dealkylation sites (tertiary alicyclic amines) is 1. The van der Waals surface area contributed by atoms with Crippen molar-refractivity contribution in [3.8, 4) is 28.1 Å². The van der Waals surface area contributed by atoms with Crippen molar-refractivity contribution in [3.05, 3.63) is 113 Å². The Morgan fingerprint density at radius 2 is 1.84 bits per heavy atom. The highest BCUT2D eigenvalue weighted by atomic mass is 35.5. The van der Waals surface area contributed by atoms with Gasteiger partial charge in [0.05, 0.1) is 22.8 Å². The van der Waals surface area contributed by atoms with Gasteiger partial charge in [-0.15, -0.1) is 0 Å². The average molecular weight is 621 g/mol. The van der Waals surface area contributed by atoms with Crippen molar-refractivity contribution in [1.82, 2.24) is 19.8 Å². The van der Waals surface area contributed by atoms with Crippen LogP contribution in [0.5, 0.6) is 5.75 Å². The Bertz CT molecular complexity index is 1860. The summed E-state index contributed by atoms with van der Waals surface area (Å²) in [4.78, 5) is 38.9. The standard InChI is InChI=1S/C36H33ClN4O4/c1-23-16-26(18-27(37)17-23)30-20-38-32-14-13-31(25-10-6-12-29(19-25)45-22-24-8-4-3-5-9-24)39-34(32)33(30)35(42)40(2)21-28-11-7-15-41(28)36(43)44/h3-6,8-10,12-14,16-20,28H,7,11,15,21-22H2,1-2H3,(H,43,44)/t28-/m0/s1. The number of likely N-dealkylation sites (N-methyl/N-ethyl adjacent to an activating group) is 1. The van der Waals surface area contributed by atoms with Gasteiger partial charge in [0.2, 0.25) is 0 Å². The predicted octanol–water partition coefficient (Wildman–Crippen LogP) is 7.72. The van der Waals surface area contributed by atoms with Gasteiger partial charge in [0.1, 0.15) is 17.9 Å². The molecule has 9 heteroatoms. The maximum atomic E-state index is 14.3. The van der Waals surface area contributed by atoms with Crippen molar-refractivity contribution in [2.75, 3.05) is 20.1 Å². The third kappa shape index (κ3) is 6.61. The third-order valence-electron chi connectivity index (χ3n) is 8.11. The van der Waals surface area contributed by atoms with Crippen LogP contribution in [0.25, 0.3) is 33.4 Å². The second kappa shape index (κ2) is 13.0. The zero-order chi connectivity index (χ0) is 31.5.